The predicted octanol–water partition coefficient (Wildman–Crippen LogP) is -1.93. The summed E-state index contributed by atoms with van der Waals surface area (Å²) in [5.41, 5.74) is 1.06. The lowest BCUT2D eigenvalue weighted by Gasteiger charge is -2.52. The quantitative estimate of drug-likeness (QED) is 0.0937. The highest BCUT2D eigenvalue weighted by Gasteiger charge is 2.66. The highest BCUT2D eigenvalue weighted by Crippen LogP contribution is 2.54. The number of aliphatic hydroxyl groups excluding tert-OH is 8. The summed E-state index contributed by atoms with van der Waals surface area (Å²) < 4.78 is 39.8. The van der Waals surface area contributed by atoms with Crippen LogP contribution in [-0.2, 0) is 34.9 Å². The molecule has 18 nitrogen and oxygen atoms in total. The summed E-state index contributed by atoms with van der Waals surface area (Å²) in [6, 6.07) is 9.07. The molecule has 0 aliphatic carbocycles. The first-order valence-electron chi connectivity index (χ1n) is 17.4. The van der Waals surface area contributed by atoms with E-state index in [2.05, 4.69) is 0 Å². The lowest BCUT2D eigenvalue weighted by atomic mass is 9.67. The van der Waals surface area contributed by atoms with Crippen LogP contribution in [0.15, 0.2) is 36.4 Å². The molecular formula is C36H50O18. The van der Waals surface area contributed by atoms with Crippen LogP contribution in [0.2, 0.25) is 0 Å². The molecule has 0 saturated carbocycles. The molecule has 18 heteroatoms. The molecule has 0 bridgehead atoms. The fourth-order valence-corrected chi connectivity index (χ4v) is 7.73. The fourth-order valence-electron chi connectivity index (χ4n) is 7.73. The van der Waals surface area contributed by atoms with Crippen LogP contribution in [0.3, 0.4) is 0 Å². The standard InChI is InChI=1S/C36H50O18/c1-48-25-9-16(4-6-20(25)38)8-18-13-51-33(17-5-7-21(39)26(10-17)49-2)28(18)29-32(45)31(44)27(11-22(40)23(41)12-37)54-36(29,35(47)50-3)53-14-19-24(42)15-52-34(46)30(19)43/h4-7,9-10,18-19,22-24,27-34,37-46H,8,11-15H2,1-3H3/t18-,19-,22?,23+,24-,27-,28?,29+,30+,31-,32-,33+,34+,36?/m0/s1. The van der Waals surface area contributed by atoms with Gasteiger partial charge in [-0.05, 0) is 47.7 Å². The molecule has 3 aliphatic heterocycles. The van der Waals surface area contributed by atoms with Gasteiger partial charge in [0.25, 0.3) is 5.79 Å². The van der Waals surface area contributed by atoms with Gasteiger partial charge in [-0.15, -0.1) is 0 Å². The summed E-state index contributed by atoms with van der Waals surface area (Å²) in [6.45, 7) is -1.98. The number of ether oxygens (including phenoxy) is 7. The minimum absolute atomic E-state index is 0.00724. The Labute approximate surface area is 310 Å². The van der Waals surface area contributed by atoms with E-state index in [9.17, 15) is 55.9 Å². The zero-order valence-corrected chi connectivity index (χ0v) is 30.0. The topological polar surface area (TPSA) is 284 Å². The molecule has 10 N–H and O–H groups in total. The SMILES string of the molecule is COC(=O)C1(OC[C@@H]2[C@@H](O)[C@H](O)OC[C@@H]2O)O[C@@H](CC(O)[C@H](O)CO)[C@H](O)[C@@H](O)[C@H]1C1[C@@H](Cc2ccc(O)c(OC)c2)CO[C@@H]1c1ccc(O)c(OC)c1. The number of aliphatic hydroxyl groups is 8. The maximum atomic E-state index is 14.2. The van der Waals surface area contributed by atoms with Gasteiger partial charge in [-0.25, -0.2) is 4.79 Å². The molecule has 3 aliphatic rings. The van der Waals surface area contributed by atoms with Gasteiger partial charge in [-0.3, -0.25) is 0 Å². The van der Waals surface area contributed by atoms with E-state index in [-0.39, 0.29) is 36.0 Å². The van der Waals surface area contributed by atoms with Crippen LogP contribution in [0.1, 0.15) is 23.7 Å². The van der Waals surface area contributed by atoms with Crippen LogP contribution in [0.4, 0.5) is 0 Å². The molecule has 0 amide bonds. The van der Waals surface area contributed by atoms with Gasteiger partial charge >= 0.3 is 5.97 Å². The van der Waals surface area contributed by atoms with Crippen molar-refractivity contribution in [3.8, 4) is 23.0 Å². The number of esters is 1. The number of carbonyl (C=O) groups is 1. The molecule has 3 unspecified atom stereocenters. The Morgan fingerprint density at radius 3 is 2.19 bits per heavy atom. The Morgan fingerprint density at radius 1 is 0.870 bits per heavy atom. The van der Waals surface area contributed by atoms with Crippen LogP contribution in [-0.4, -0.2) is 160 Å². The number of benzene rings is 2. The lowest BCUT2D eigenvalue weighted by molar-refractivity contribution is -0.359. The Balaban J connectivity index is 1.67. The number of phenols is 2. The second-order valence-corrected chi connectivity index (χ2v) is 13.9. The van der Waals surface area contributed by atoms with Crippen LogP contribution < -0.4 is 9.47 Å². The molecule has 302 valence electrons. The van der Waals surface area contributed by atoms with Crippen molar-refractivity contribution in [2.45, 2.75) is 73.8 Å². The Bertz CT molecular complexity index is 1560. The molecule has 54 heavy (non-hydrogen) atoms. The fraction of sp³-hybridized carbons (Fsp3) is 0.639. The van der Waals surface area contributed by atoms with Gasteiger partial charge in [-0.1, -0.05) is 12.1 Å². The molecular weight excluding hydrogens is 720 g/mol. The Kier molecular flexibility index (Phi) is 13.6. The number of methoxy groups -OCH3 is 3. The van der Waals surface area contributed by atoms with E-state index in [1.807, 2.05) is 0 Å². The third kappa shape index (κ3) is 8.25. The molecule has 3 fully saturated rings. The third-order valence-electron chi connectivity index (χ3n) is 10.7. The Morgan fingerprint density at radius 2 is 1.54 bits per heavy atom. The minimum Gasteiger partial charge on any atom is -0.504 e. The van der Waals surface area contributed by atoms with Gasteiger partial charge in [0.1, 0.15) is 18.3 Å². The zero-order valence-electron chi connectivity index (χ0n) is 30.0. The molecule has 0 aromatic heterocycles. The van der Waals surface area contributed by atoms with Crippen LogP contribution in [0.5, 0.6) is 23.0 Å². The highest BCUT2D eigenvalue weighted by molar-refractivity contribution is 5.79. The average Bonchev–Trinajstić information content (AvgIpc) is 3.57. The summed E-state index contributed by atoms with van der Waals surface area (Å²) in [5, 5.41) is 106. The van der Waals surface area contributed by atoms with Crippen molar-refractivity contribution in [2.75, 3.05) is 47.8 Å². The monoisotopic (exact) mass is 770 g/mol. The van der Waals surface area contributed by atoms with E-state index in [0.717, 1.165) is 7.11 Å². The van der Waals surface area contributed by atoms with E-state index in [4.69, 9.17) is 33.2 Å². The largest absolute Gasteiger partial charge is 0.504 e. The van der Waals surface area contributed by atoms with Crippen molar-refractivity contribution in [3.05, 3.63) is 47.5 Å². The molecule has 0 radical (unpaired) electrons. The first kappa shape index (κ1) is 41.8. The van der Waals surface area contributed by atoms with Gasteiger partial charge in [0, 0.05) is 18.3 Å². The molecule has 0 spiro atoms. The van der Waals surface area contributed by atoms with E-state index < -0.39 is 117 Å². The first-order chi connectivity index (χ1) is 25.7. The summed E-state index contributed by atoms with van der Waals surface area (Å²) in [5.74, 6) is -8.53. The van der Waals surface area contributed by atoms with Gasteiger partial charge in [0.15, 0.2) is 29.3 Å². The first-order valence-corrected chi connectivity index (χ1v) is 17.4. The van der Waals surface area contributed by atoms with Crippen molar-refractivity contribution < 1.29 is 89.0 Å². The normalized spacial score (nSPS) is 35.3. The highest BCUT2D eigenvalue weighted by atomic mass is 16.7. The van der Waals surface area contributed by atoms with Crippen molar-refractivity contribution in [1.82, 2.24) is 0 Å². The van der Waals surface area contributed by atoms with E-state index >= 15 is 0 Å². The Hall–Kier alpha value is -3.37. The van der Waals surface area contributed by atoms with Gasteiger partial charge in [0.2, 0.25) is 0 Å². The predicted molar refractivity (Wildman–Crippen MR) is 181 cm³/mol. The van der Waals surface area contributed by atoms with Crippen molar-refractivity contribution in [3.63, 3.8) is 0 Å². The number of carbonyl (C=O) groups excluding carboxylic acids is 1. The van der Waals surface area contributed by atoms with Crippen molar-refractivity contribution >= 4 is 5.97 Å². The number of hydrogen-bond acceptors (Lipinski definition) is 18. The number of rotatable bonds is 14. The molecule has 3 saturated heterocycles. The number of phenolic OH excluding ortho intramolecular Hbond substituents is 2. The second-order valence-electron chi connectivity index (χ2n) is 13.9. The van der Waals surface area contributed by atoms with Crippen molar-refractivity contribution in [2.24, 2.45) is 23.7 Å². The number of hydrogen-bond donors (Lipinski definition) is 10. The summed E-state index contributed by atoms with van der Waals surface area (Å²) >= 11 is 0. The maximum Gasteiger partial charge on any atom is 0.367 e. The zero-order chi connectivity index (χ0) is 39.5. The number of aromatic hydroxyl groups is 2. The van der Waals surface area contributed by atoms with Crippen LogP contribution in [0, 0.1) is 23.7 Å². The van der Waals surface area contributed by atoms with Gasteiger partial charge in [0.05, 0.1) is 84.2 Å². The molecule has 3 heterocycles. The lowest BCUT2D eigenvalue weighted by Crippen LogP contribution is -2.69. The molecule has 5 rings (SSSR count). The molecule has 2 aromatic rings. The van der Waals surface area contributed by atoms with Gasteiger partial charge < -0.3 is 84.2 Å². The summed E-state index contributed by atoms with van der Waals surface area (Å²) in [6.07, 6.45) is -15.1. The summed E-state index contributed by atoms with van der Waals surface area (Å²) in [7, 11) is 3.74. The third-order valence-corrected chi connectivity index (χ3v) is 10.7. The van der Waals surface area contributed by atoms with E-state index in [1.165, 1.54) is 32.4 Å². The second kappa shape index (κ2) is 17.6. The average molecular weight is 771 g/mol. The minimum atomic E-state index is -2.70. The van der Waals surface area contributed by atoms with E-state index in [1.54, 1.807) is 18.2 Å². The van der Waals surface area contributed by atoms with Crippen LogP contribution in [0.25, 0.3) is 0 Å². The van der Waals surface area contributed by atoms with Crippen LogP contribution >= 0.6 is 0 Å². The maximum absolute atomic E-state index is 14.2. The van der Waals surface area contributed by atoms with Gasteiger partial charge in [-0.2, -0.15) is 0 Å². The summed E-state index contributed by atoms with van der Waals surface area (Å²) in [4.78, 5) is 14.2. The molecule has 2 aromatic carbocycles. The smallest absolute Gasteiger partial charge is 0.367 e. The molecule has 14 atom stereocenters. The van der Waals surface area contributed by atoms with E-state index in [0.29, 0.717) is 11.1 Å². The van der Waals surface area contributed by atoms with Crippen molar-refractivity contribution in [1.29, 1.82) is 0 Å².